The Kier molecular flexibility index (Phi) is 4.85. The van der Waals surface area contributed by atoms with Crippen molar-refractivity contribution in [3.8, 4) is 0 Å². The maximum atomic E-state index is 12.8. The van der Waals surface area contributed by atoms with E-state index in [-0.39, 0.29) is 12.0 Å². The molecule has 4 nitrogen and oxygen atoms in total. The lowest BCUT2D eigenvalue weighted by Gasteiger charge is -2.36. The number of nitrogens with two attached hydrogens (primary N) is 1. The number of hydrogen-bond donors (Lipinski definition) is 1. The van der Waals surface area contributed by atoms with Crippen molar-refractivity contribution in [3.63, 3.8) is 0 Å². The third-order valence-corrected chi connectivity index (χ3v) is 6.00. The molecule has 4 atom stereocenters. The molecule has 0 aromatic rings. The zero-order chi connectivity index (χ0) is 14.8. The second kappa shape index (κ2) is 6.66. The van der Waals surface area contributed by atoms with E-state index in [0.717, 1.165) is 32.4 Å². The predicted molar refractivity (Wildman–Crippen MR) is 84.9 cm³/mol. The molecular weight excluding hydrogens is 262 g/mol. The Morgan fingerprint density at radius 1 is 1.00 bits per heavy atom. The van der Waals surface area contributed by atoms with Crippen LogP contribution in [0.25, 0.3) is 0 Å². The second-order valence-corrected chi connectivity index (χ2v) is 7.42. The maximum absolute atomic E-state index is 12.8. The van der Waals surface area contributed by atoms with E-state index in [4.69, 9.17) is 5.73 Å². The van der Waals surface area contributed by atoms with Gasteiger partial charge in [0.15, 0.2) is 0 Å². The maximum Gasteiger partial charge on any atom is 0.227 e. The normalized spacial score (nSPS) is 38.7. The minimum absolute atomic E-state index is 0.0697. The summed E-state index contributed by atoms with van der Waals surface area (Å²) in [6.45, 7) is 6.54. The van der Waals surface area contributed by atoms with Crippen LogP contribution in [-0.4, -0.2) is 54.0 Å². The molecule has 3 aliphatic rings. The number of nitrogens with zero attached hydrogens (tertiary/aromatic N) is 2. The van der Waals surface area contributed by atoms with Gasteiger partial charge in [0.1, 0.15) is 0 Å². The number of piperidine rings is 1. The first-order chi connectivity index (χ1) is 10.2. The Balaban J connectivity index is 1.56. The number of likely N-dealkylation sites (tertiary alicyclic amines) is 2. The Morgan fingerprint density at radius 3 is 2.52 bits per heavy atom. The van der Waals surface area contributed by atoms with Gasteiger partial charge in [-0.05, 0) is 51.1 Å². The van der Waals surface area contributed by atoms with Crippen LogP contribution in [0.2, 0.25) is 0 Å². The van der Waals surface area contributed by atoms with Gasteiger partial charge in [-0.25, -0.2) is 0 Å². The zero-order valence-electron chi connectivity index (χ0n) is 13.5. The van der Waals surface area contributed by atoms with Crippen molar-refractivity contribution in [2.24, 2.45) is 17.6 Å². The molecule has 0 aromatic heterocycles. The van der Waals surface area contributed by atoms with Gasteiger partial charge in [0.2, 0.25) is 5.91 Å². The highest BCUT2D eigenvalue weighted by Crippen LogP contribution is 2.30. The molecule has 4 unspecified atom stereocenters. The standard InChI is InChI=1S/C17H31N3O/c1-13-6-5-7-15(16(13)18)17(21)20-11-8-14(12-20)19-9-3-2-4-10-19/h13-16H,2-12,18H2,1H3. The van der Waals surface area contributed by atoms with Crippen LogP contribution >= 0.6 is 0 Å². The first kappa shape index (κ1) is 15.3. The lowest BCUT2D eigenvalue weighted by atomic mass is 9.77. The van der Waals surface area contributed by atoms with Gasteiger partial charge in [0.25, 0.3) is 0 Å². The van der Waals surface area contributed by atoms with Crippen molar-refractivity contribution < 1.29 is 4.79 Å². The number of carbonyl (C=O) groups excluding carboxylic acids is 1. The van der Waals surface area contributed by atoms with Crippen LogP contribution in [0.15, 0.2) is 0 Å². The summed E-state index contributed by atoms with van der Waals surface area (Å²) in [6.07, 6.45) is 8.53. The van der Waals surface area contributed by atoms with Crippen LogP contribution in [-0.2, 0) is 4.79 Å². The van der Waals surface area contributed by atoms with Crippen molar-refractivity contribution in [1.29, 1.82) is 0 Å². The fraction of sp³-hybridized carbons (Fsp3) is 0.941. The summed E-state index contributed by atoms with van der Waals surface area (Å²) in [6, 6.07) is 0.673. The largest absolute Gasteiger partial charge is 0.341 e. The molecule has 21 heavy (non-hydrogen) atoms. The number of hydrogen-bond acceptors (Lipinski definition) is 3. The molecule has 2 heterocycles. The summed E-state index contributed by atoms with van der Waals surface area (Å²) in [5.74, 6) is 0.913. The summed E-state index contributed by atoms with van der Waals surface area (Å²) in [5, 5.41) is 0. The first-order valence-corrected chi connectivity index (χ1v) is 8.95. The van der Waals surface area contributed by atoms with E-state index in [9.17, 15) is 4.79 Å². The van der Waals surface area contributed by atoms with Crippen molar-refractivity contribution >= 4 is 5.91 Å². The fourth-order valence-electron chi connectivity index (χ4n) is 4.49. The van der Waals surface area contributed by atoms with Crippen molar-refractivity contribution in [2.45, 2.75) is 64.0 Å². The Labute approximate surface area is 129 Å². The minimum Gasteiger partial charge on any atom is -0.341 e. The van der Waals surface area contributed by atoms with Crippen LogP contribution in [0.1, 0.15) is 51.9 Å². The van der Waals surface area contributed by atoms with E-state index < -0.39 is 0 Å². The molecule has 2 aliphatic heterocycles. The van der Waals surface area contributed by atoms with Crippen LogP contribution in [0.3, 0.4) is 0 Å². The Bertz CT molecular complexity index is 367. The molecule has 1 amide bonds. The van der Waals surface area contributed by atoms with E-state index in [2.05, 4.69) is 16.7 Å². The average molecular weight is 293 g/mol. The highest BCUT2D eigenvalue weighted by atomic mass is 16.2. The molecule has 3 fully saturated rings. The third-order valence-electron chi connectivity index (χ3n) is 6.00. The minimum atomic E-state index is 0.0697. The van der Waals surface area contributed by atoms with E-state index in [1.807, 2.05) is 0 Å². The smallest absolute Gasteiger partial charge is 0.227 e. The van der Waals surface area contributed by atoms with Gasteiger partial charge in [-0.1, -0.05) is 19.8 Å². The molecule has 0 spiro atoms. The van der Waals surface area contributed by atoms with E-state index in [1.54, 1.807) is 0 Å². The molecule has 1 saturated carbocycles. The van der Waals surface area contributed by atoms with E-state index >= 15 is 0 Å². The highest BCUT2D eigenvalue weighted by molar-refractivity contribution is 5.80. The van der Waals surface area contributed by atoms with Crippen LogP contribution in [0, 0.1) is 11.8 Å². The molecular formula is C17H31N3O. The predicted octanol–water partition coefficient (Wildman–Crippen LogP) is 1.84. The molecule has 2 N–H and O–H groups in total. The zero-order valence-corrected chi connectivity index (χ0v) is 13.5. The summed E-state index contributed by atoms with van der Waals surface area (Å²) >= 11 is 0. The number of amides is 1. The lowest BCUT2D eigenvalue weighted by Crippen LogP contribution is -2.49. The monoisotopic (exact) mass is 293 g/mol. The summed E-state index contributed by atoms with van der Waals surface area (Å²) in [7, 11) is 0. The van der Waals surface area contributed by atoms with Gasteiger partial charge < -0.3 is 10.6 Å². The molecule has 0 aromatic carbocycles. The molecule has 0 radical (unpaired) electrons. The average Bonchev–Trinajstić information content (AvgIpc) is 3.00. The molecule has 1 aliphatic carbocycles. The first-order valence-electron chi connectivity index (χ1n) is 8.95. The third kappa shape index (κ3) is 3.26. The van der Waals surface area contributed by atoms with Crippen LogP contribution < -0.4 is 5.73 Å². The number of carbonyl (C=O) groups is 1. The fourth-order valence-corrected chi connectivity index (χ4v) is 4.49. The van der Waals surface area contributed by atoms with Gasteiger partial charge in [-0.15, -0.1) is 0 Å². The van der Waals surface area contributed by atoms with Gasteiger partial charge in [0, 0.05) is 25.2 Å². The SMILES string of the molecule is CC1CCCC(C(=O)N2CCC(N3CCCCC3)C2)C1N. The van der Waals surface area contributed by atoms with E-state index in [1.165, 1.54) is 38.8 Å². The summed E-state index contributed by atoms with van der Waals surface area (Å²) in [4.78, 5) is 17.5. The van der Waals surface area contributed by atoms with Gasteiger partial charge >= 0.3 is 0 Å². The van der Waals surface area contributed by atoms with Crippen LogP contribution in [0.4, 0.5) is 0 Å². The van der Waals surface area contributed by atoms with Gasteiger partial charge in [-0.2, -0.15) is 0 Å². The molecule has 4 heteroatoms. The van der Waals surface area contributed by atoms with Gasteiger partial charge in [-0.3, -0.25) is 9.69 Å². The van der Waals surface area contributed by atoms with Crippen molar-refractivity contribution in [1.82, 2.24) is 9.80 Å². The molecule has 3 rings (SSSR count). The Hall–Kier alpha value is -0.610. The topological polar surface area (TPSA) is 49.6 Å². The lowest BCUT2D eigenvalue weighted by molar-refractivity contribution is -0.136. The Morgan fingerprint density at radius 2 is 1.76 bits per heavy atom. The highest BCUT2D eigenvalue weighted by Gasteiger charge is 2.38. The molecule has 0 bridgehead atoms. The molecule has 2 saturated heterocycles. The summed E-state index contributed by atoms with van der Waals surface area (Å²) < 4.78 is 0. The van der Waals surface area contributed by atoms with Crippen LogP contribution in [0.5, 0.6) is 0 Å². The quantitative estimate of drug-likeness (QED) is 0.845. The second-order valence-electron chi connectivity index (χ2n) is 7.42. The summed E-state index contributed by atoms with van der Waals surface area (Å²) in [5.41, 5.74) is 6.31. The molecule has 120 valence electrons. The van der Waals surface area contributed by atoms with Crippen molar-refractivity contribution in [3.05, 3.63) is 0 Å². The number of rotatable bonds is 2. The van der Waals surface area contributed by atoms with Gasteiger partial charge in [0.05, 0.1) is 5.92 Å². The van der Waals surface area contributed by atoms with E-state index in [0.29, 0.717) is 17.9 Å². The van der Waals surface area contributed by atoms with Crippen molar-refractivity contribution in [2.75, 3.05) is 26.2 Å².